The number of nitrogens with zero attached hydrogens (tertiary/aromatic N) is 6. The minimum absolute atomic E-state index is 0.667. The molecule has 0 saturated carbocycles. The molecule has 0 aliphatic rings. The van der Waals surface area contributed by atoms with E-state index >= 15 is 0 Å². The van der Waals surface area contributed by atoms with Crippen molar-refractivity contribution in [1.82, 2.24) is 29.9 Å². The molecule has 0 amide bonds. The molecule has 7 heteroatoms. The predicted molar refractivity (Wildman–Crippen MR) is 175 cm³/mol. The maximum Gasteiger partial charge on any atom is 0.164 e. The predicted octanol–water partition coefficient (Wildman–Crippen LogP) is 8.84. The van der Waals surface area contributed by atoms with Gasteiger partial charge in [0, 0.05) is 32.3 Å². The lowest BCUT2D eigenvalue weighted by atomic mass is 10.1. The van der Waals surface area contributed by atoms with Crippen molar-refractivity contribution in [3.05, 3.63) is 156 Å². The number of hydrogen-bond acceptors (Lipinski definition) is 6. The third kappa shape index (κ3) is 7.09. The molecule has 0 spiro atoms. The molecule has 6 nitrogen and oxygen atoms in total. The van der Waals surface area contributed by atoms with Gasteiger partial charge in [0.2, 0.25) is 0 Å². The summed E-state index contributed by atoms with van der Waals surface area (Å²) in [6, 6.07) is 47.7. The molecule has 0 bridgehead atoms. The van der Waals surface area contributed by atoms with Crippen molar-refractivity contribution in [3.63, 3.8) is 0 Å². The van der Waals surface area contributed by atoms with Crippen LogP contribution in [-0.4, -0.2) is 29.9 Å². The highest BCUT2D eigenvalue weighted by Crippen LogP contribution is 2.25. The van der Waals surface area contributed by atoms with Gasteiger partial charge in [0.05, 0.1) is 0 Å². The average Bonchev–Trinajstić information content (AvgIpc) is 3.10. The van der Waals surface area contributed by atoms with E-state index in [1.807, 2.05) is 146 Å². The minimum Gasteiger partial charge on any atom is -0.217 e. The van der Waals surface area contributed by atoms with Crippen LogP contribution in [0.3, 0.4) is 0 Å². The summed E-state index contributed by atoms with van der Waals surface area (Å²) < 4.78 is 1.02. The van der Waals surface area contributed by atoms with Gasteiger partial charge in [-0.1, -0.05) is 149 Å². The van der Waals surface area contributed by atoms with Crippen molar-refractivity contribution in [2.45, 2.75) is 0 Å². The second kappa shape index (κ2) is 13.5. The normalized spacial score (nSPS) is 10.4. The summed E-state index contributed by atoms with van der Waals surface area (Å²) in [5, 5.41) is 0. The summed E-state index contributed by atoms with van der Waals surface area (Å²) in [5.41, 5.74) is 4.90. The highest BCUT2D eigenvalue weighted by molar-refractivity contribution is 9.10. The molecule has 2 aromatic heterocycles. The van der Waals surface area contributed by atoms with E-state index < -0.39 is 0 Å². The molecule has 0 unspecified atom stereocenters. The highest BCUT2D eigenvalue weighted by Gasteiger charge is 2.12. The Labute approximate surface area is 258 Å². The van der Waals surface area contributed by atoms with E-state index in [2.05, 4.69) is 35.9 Å². The van der Waals surface area contributed by atoms with Gasteiger partial charge in [-0.3, -0.25) is 0 Å². The molecule has 0 atom stereocenters. The maximum atomic E-state index is 4.69. The fraction of sp³-hybridized carbons (Fsp3) is 0. The van der Waals surface area contributed by atoms with Gasteiger partial charge in [-0.2, -0.15) is 0 Å². The van der Waals surface area contributed by atoms with E-state index in [1.165, 1.54) is 0 Å². The molecule has 0 fully saturated rings. The molecule has 0 aliphatic heterocycles. The third-order valence-corrected chi connectivity index (χ3v) is 6.97. The Bertz CT molecular complexity index is 1790. The minimum atomic E-state index is 0.667. The molecule has 7 aromatic rings. The summed E-state index contributed by atoms with van der Waals surface area (Å²) in [5.74, 6) is 3.41. The van der Waals surface area contributed by atoms with Gasteiger partial charge in [0.15, 0.2) is 29.1 Å². The Kier molecular flexibility index (Phi) is 8.72. The van der Waals surface area contributed by atoms with Crippen LogP contribution >= 0.6 is 15.9 Å². The van der Waals surface area contributed by atoms with Crippen molar-refractivity contribution in [2.75, 3.05) is 0 Å². The monoisotopic (exact) mass is 620 g/mol. The quantitative estimate of drug-likeness (QED) is 0.191. The van der Waals surface area contributed by atoms with Crippen molar-refractivity contribution in [2.24, 2.45) is 0 Å². The summed E-state index contributed by atoms with van der Waals surface area (Å²) >= 11 is 3.47. The van der Waals surface area contributed by atoms with Crippen LogP contribution in [0.25, 0.3) is 56.9 Å². The topological polar surface area (TPSA) is 77.3 Å². The fourth-order valence-electron chi connectivity index (χ4n) is 4.29. The molecule has 2 heterocycles. The lowest BCUT2D eigenvalue weighted by Gasteiger charge is -2.08. The van der Waals surface area contributed by atoms with E-state index in [0.29, 0.717) is 29.1 Å². The molecule has 43 heavy (non-hydrogen) atoms. The van der Waals surface area contributed by atoms with Crippen LogP contribution in [0.5, 0.6) is 0 Å². The maximum absolute atomic E-state index is 4.69. The average molecular weight is 622 g/mol. The highest BCUT2D eigenvalue weighted by atomic mass is 79.9. The number of benzene rings is 5. The van der Waals surface area contributed by atoms with Crippen molar-refractivity contribution < 1.29 is 0 Å². The van der Waals surface area contributed by atoms with Gasteiger partial charge in [-0.05, 0) is 12.1 Å². The number of rotatable bonds is 5. The van der Waals surface area contributed by atoms with Gasteiger partial charge in [0.25, 0.3) is 0 Å². The second-order valence-corrected chi connectivity index (χ2v) is 10.3. The van der Waals surface area contributed by atoms with Crippen LogP contribution < -0.4 is 0 Å². The van der Waals surface area contributed by atoms with E-state index in [1.54, 1.807) is 6.33 Å². The fourth-order valence-corrected chi connectivity index (χ4v) is 4.55. The summed E-state index contributed by atoms with van der Waals surface area (Å²) in [6.45, 7) is 0. The van der Waals surface area contributed by atoms with Gasteiger partial charge >= 0.3 is 0 Å². The van der Waals surface area contributed by atoms with Crippen molar-refractivity contribution in [3.8, 4) is 56.9 Å². The number of halogens is 1. The van der Waals surface area contributed by atoms with Crippen LogP contribution in [0.4, 0.5) is 0 Å². The van der Waals surface area contributed by atoms with Gasteiger partial charge in [-0.15, -0.1) is 0 Å². The Morgan fingerprint density at radius 1 is 0.302 bits per heavy atom. The van der Waals surface area contributed by atoms with E-state index in [4.69, 9.17) is 9.97 Å². The van der Waals surface area contributed by atoms with Crippen molar-refractivity contribution >= 4 is 15.9 Å². The van der Waals surface area contributed by atoms with E-state index in [0.717, 1.165) is 32.3 Å². The molecule has 0 radical (unpaired) electrons. The molecule has 0 saturated heterocycles. The first kappa shape index (κ1) is 27.8. The SMILES string of the molecule is Brc1ccc(-c2nc(-c3ccccc3)nc(-c3ccccc3)n2)cc1.c1ccc(-c2ncnc(-c3ccccc3)n2)cc1. The molecule has 0 N–H and O–H groups in total. The molecule has 206 valence electrons. The lowest BCUT2D eigenvalue weighted by Crippen LogP contribution is -1.99. The number of hydrogen-bond donors (Lipinski definition) is 0. The molecule has 0 aliphatic carbocycles. The Morgan fingerprint density at radius 3 is 0.930 bits per heavy atom. The van der Waals surface area contributed by atoms with Gasteiger partial charge in [0.1, 0.15) is 6.33 Å². The number of aromatic nitrogens is 6. The Hall–Kier alpha value is -5.40. The van der Waals surface area contributed by atoms with Gasteiger partial charge < -0.3 is 0 Å². The third-order valence-electron chi connectivity index (χ3n) is 6.44. The summed E-state index contributed by atoms with van der Waals surface area (Å²) in [4.78, 5) is 27.0. The van der Waals surface area contributed by atoms with E-state index in [-0.39, 0.29) is 0 Å². The van der Waals surface area contributed by atoms with Gasteiger partial charge in [-0.25, -0.2) is 29.9 Å². The van der Waals surface area contributed by atoms with Crippen LogP contribution in [0.2, 0.25) is 0 Å². The summed E-state index contributed by atoms with van der Waals surface area (Å²) in [7, 11) is 0. The second-order valence-electron chi connectivity index (χ2n) is 9.41. The first-order valence-electron chi connectivity index (χ1n) is 13.7. The van der Waals surface area contributed by atoms with Crippen LogP contribution in [0.15, 0.2) is 156 Å². The molecule has 7 rings (SSSR count). The lowest BCUT2D eigenvalue weighted by molar-refractivity contribution is 1.07. The first-order valence-corrected chi connectivity index (χ1v) is 14.4. The smallest absolute Gasteiger partial charge is 0.164 e. The summed E-state index contributed by atoms with van der Waals surface area (Å²) in [6.07, 6.45) is 1.55. The Morgan fingerprint density at radius 2 is 0.581 bits per heavy atom. The standard InChI is InChI=1S/C21H14BrN3.C15H11N3/c22-18-13-11-17(12-14-18)21-24-19(15-7-3-1-4-8-15)23-20(25-21)16-9-5-2-6-10-16;1-3-7-12(8-4-1)14-16-11-17-15(18-14)13-9-5-2-6-10-13/h1-14H;1-11H. The first-order chi connectivity index (χ1) is 21.2. The van der Waals surface area contributed by atoms with Crippen molar-refractivity contribution in [1.29, 1.82) is 0 Å². The largest absolute Gasteiger partial charge is 0.217 e. The molecule has 5 aromatic carbocycles. The zero-order valence-corrected chi connectivity index (χ0v) is 24.6. The van der Waals surface area contributed by atoms with Crippen LogP contribution in [-0.2, 0) is 0 Å². The van der Waals surface area contributed by atoms with Crippen LogP contribution in [0.1, 0.15) is 0 Å². The zero-order chi connectivity index (χ0) is 29.3. The Balaban J connectivity index is 0.000000162. The molecular weight excluding hydrogens is 596 g/mol. The zero-order valence-electron chi connectivity index (χ0n) is 23.0. The van der Waals surface area contributed by atoms with E-state index in [9.17, 15) is 0 Å². The molecular formula is C36H25BrN6. The van der Waals surface area contributed by atoms with Crippen LogP contribution in [0, 0.1) is 0 Å².